The van der Waals surface area contributed by atoms with Crippen molar-refractivity contribution in [2.45, 2.75) is 39.0 Å². The summed E-state index contributed by atoms with van der Waals surface area (Å²) < 4.78 is 18.4. The number of alkyl halides is 1. The Morgan fingerprint density at radius 1 is 1.27 bits per heavy atom. The lowest BCUT2D eigenvalue weighted by Crippen LogP contribution is -2.36. The normalized spacial score (nSPS) is 45.8. The Morgan fingerprint density at radius 3 is 2.45 bits per heavy atom. The number of ether oxygens (including phenoxy) is 1. The van der Waals surface area contributed by atoms with Crippen molar-refractivity contribution in [2.24, 2.45) is 11.8 Å². The van der Waals surface area contributed by atoms with Crippen LogP contribution in [0.1, 0.15) is 26.7 Å². The van der Waals surface area contributed by atoms with Gasteiger partial charge in [0, 0.05) is 13.0 Å². The molecule has 0 N–H and O–H groups in total. The minimum Gasteiger partial charge on any atom is -0.381 e. The molecule has 0 aromatic carbocycles. The van der Waals surface area contributed by atoms with Crippen molar-refractivity contribution in [1.82, 2.24) is 0 Å². The Kier molecular flexibility index (Phi) is 2.88. The van der Waals surface area contributed by atoms with E-state index < -0.39 is 6.17 Å². The summed E-state index contributed by atoms with van der Waals surface area (Å²) in [6.45, 7) is 4.02. The van der Waals surface area contributed by atoms with E-state index in [1.165, 1.54) is 0 Å². The van der Waals surface area contributed by atoms with E-state index in [4.69, 9.17) is 4.74 Å². The number of hydrogen-bond donors (Lipinski definition) is 0. The third-order valence-corrected chi connectivity index (χ3v) is 2.72. The van der Waals surface area contributed by atoms with Crippen LogP contribution in [0.2, 0.25) is 0 Å². The average Bonchev–Trinajstić information content (AvgIpc) is 1.96. The maximum atomic E-state index is 13.2. The van der Waals surface area contributed by atoms with Gasteiger partial charge in [-0.2, -0.15) is 0 Å². The van der Waals surface area contributed by atoms with Crippen LogP contribution in [0.25, 0.3) is 0 Å². The van der Waals surface area contributed by atoms with Gasteiger partial charge in [-0.1, -0.05) is 13.8 Å². The van der Waals surface area contributed by atoms with E-state index in [0.717, 1.165) is 6.42 Å². The van der Waals surface area contributed by atoms with Crippen molar-refractivity contribution in [1.29, 1.82) is 0 Å². The minimum atomic E-state index is -0.663. The molecule has 0 aromatic rings. The average molecular weight is 160 g/mol. The lowest BCUT2D eigenvalue weighted by atomic mass is 9.80. The molecule has 1 nitrogen and oxygen atoms in total. The Labute approximate surface area is 67.9 Å². The molecule has 0 aromatic heterocycles. The van der Waals surface area contributed by atoms with Crippen LogP contribution in [0, 0.1) is 11.8 Å². The fraction of sp³-hybridized carbons (Fsp3) is 1.00. The Bertz CT molecular complexity index is 127. The fourth-order valence-corrected chi connectivity index (χ4v) is 1.85. The van der Waals surface area contributed by atoms with Gasteiger partial charge in [0.2, 0.25) is 0 Å². The molecule has 0 radical (unpaired) electrons. The molecule has 0 bridgehead atoms. The summed E-state index contributed by atoms with van der Waals surface area (Å²) in [6.07, 6.45) is 1.19. The number of hydrogen-bond acceptors (Lipinski definition) is 1. The molecule has 1 fully saturated rings. The molecule has 0 spiro atoms. The third-order valence-electron chi connectivity index (χ3n) is 2.72. The SMILES string of the molecule is COC1CC(C)CC(F)C1C. The summed E-state index contributed by atoms with van der Waals surface area (Å²) in [5.41, 5.74) is 0. The van der Waals surface area contributed by atoms with Gasteiger partial charge in [-0.3, -0.25) is 0 Å². The second kappa shape index (κ2) is 3.53. The molecular weight excluding hydrogens is 143 g/mol. The van der Waals surface area contributed by atoms with Crippen LogP contribution in [0.3, 0.4) is 0 Å². The van der Waals surface area contributed by atoms with E-state index in [2.05, 4.69) is 6.92 Å². The van der Waals surface area contributed by atoms with Crippen LogP contribution in [0.4, 0.5) is 4.39 Å². The predicted octanol–water partition coefficient (Wildman–Crippen LogP) is 2.41. The van der Waals surface area contributed by atoms with Crippen molar-refractivity contribution in [3.63, 3.8) is 0 Å². The second-order valence-electron chi connectivity index (χ2n) is 3.73. The molecule has 1 aliphatic rings. The van der Waals surface area contributed by atoms with Crippen molar-refractivity contribution < 1.29 is 9.13 Å². The van der Waals surface area contributed by atoms with E-state index in [-0.39, 0.29) is 12.0 Å². The van der Waals surface area contributed by atoms with E-state index in [1.54, 1.807) is 7.11 Å². The Balaban J connectivity index is 2.51. The zero-order valence-corrected chi connectivity index (χ0v) is 7.51. The summed E-state index contributed by atoms with van der Waals surface area (Å²) in [4.78, 5) is 0. The van der Waals surface area contributed by atoms with Crippen LogP contribution in [-0.4, -0.2) is 19.4 Å². The highest BCUT2D eigenvalue weighted by atomic mass is 19.1. The lowest BCUT2D eigenvalue weighted by Gasteiger charge is -2.34. The number of rotatable bonds is 1. The van der Waals surface area contributed by atoms with Gasteiger partial charge in [0.05, 0.1) is 6.10 Å². The molecule has 0 saturated heterocycles. The van der Waals surface area contributed by atoms with Gasteiger partial charge in [-0.15, -0.1) is 0 Å². The van der Waals surface area contributed by atoms with Crippen molar-refractivity contribution >= 4 is 0 Å². The van der Waals surface area contributed by atoms with Crippen LogP contribution in [-0.2, 0) is 4.74 Å². The maximum Gasteiger partial charge on any atom is 0.105 e. The first kappa shape index (κ1) is 8.98. The van der Waals surface area contributed by atoms with Gasteiger partial charge in [0.15, 0.2) is 0 Å². The monoisotopic (exact) mass is 160 g/mol. The van der Waals surface area contributed by atoms with E-state index in [0.29, 0.717) is 12.3 Å². The standard InChI is InChI=1S/C9H17FO/c1-6-4-8(10)7(2)9(5-6)11-3/h6-9H,4-5H2,1-3H3. The van der Waals surface area contributed by atoms with Crippen LogP contribution in [0.5, 0.6) is 0 Å². The van der Waals surface area contributed by atoms with Gasteiger partial charge in [-0.05, 0) is 18.8 Å². The van der Waals surface area contributed by atoms with Crippen molar-refractivity contribution in [3.8, 4) is 0 Å². The molecule has 1 saturated carbocycles. The van der Waals surface area contributed by atoms with Crippen molar-refractivity contribution in [2.75, 3.05) is 7.11 Å². The Hall–Kier alpha value is -0.110. The molecule has 4 unspecified atom stereocenters. The van der Waals surface area contributed by atoms with Gasteiger partial charge < -0.3 is 4.74 Å². The summed E-state index contributed by atoms with van der Waals surface area (Å²) >= 11 is 0. The largest absolute Gasteiger partial charge is 0.381 e. The first-order valence-corrected chi connectivity index (χ1v) is 4.32. The first-order valence-electron chi connectivity index (χ1n) is 4.32. The molecule has 66 valence electrons. The summed E-state index contributed by atoms with van der Waals surface area (Å²) in [5.74, 6) is 0.558. The van der Waals surface area contributed by atoms with Gasteiger partial charge in [0.1, 0.15) is 6.17 Å². The van der Waals surface area contributed by atoms with Gasteiger partial charge >= 0.3 is 0 Å². The topological polar surface area (TPSA) is 9.23 Å². The zero-order valence-electron chi connectivity index (χ0n) is 7.51. The number of halogens is 1. The molecule has 1 rings (SSSR count). The molecule has 2 heteroatoms. The molecular formula is C9H17FO. The molecule has 0 amide bonds. The quantitative estimate of drug-likeness (QED) is 0.572. The molecule has 4 atom stereocenters. The van der Waals surface area contributed by atoms with Crippen LogP contribution in [0.15, 0.2) is 0 Å². The summed E-state index contributed by atoms with van der Waals surface area (Å²) in [5, 5.41) is 0. The van der Waals surface area contributed by atoms with E-state index >= 15 is 0 Å². The van der Waals surface area contributed by atoms with E-state index in [1.807, 2.05) is 6.92 Å². The van der Waals surface area contributed by atoms with Gasteiger partial charge in [-0.25, -0.2) is 4.39 Å². The molecule has 0 heterocycles. The highest BCUT2D eigenvalue weighted by Crippen LogP contribution is 2.32. The minimum absolute atomic E-state index is 0.0798. The van der Waals surface area contributed by atoms with Gasteiger partial charge in [0.25, 0.3) is 0 Å². The second-order valence-corrected chi connectivity index (χ2v) is 3.73. The smallest absolute Gasteiger partial charge is 0.105 e. The Morgan fingerprint density at radius 2 is 1.91 bits per heavy atom. The predicted molar refractivity (Wildman–Crippen MR) is 43.3 cm³/mol. The van der Waals surface area contributed by atoms with E-state index in [9.17, 15) is 4.39 Å². The first-order chi connectivity index (χ1) is 5.15. The third kappa shape index (κ3) is 1.92. The fourth-order valence-electron chi connectivity index (χ4n) is 1.85. The van der Waals surface area contributed by atoms with Crippen LogP contribution >= 0.6 is 0 Å². The molecule has 0 aliphatic heterocycles. The summed E-state index contributed by atoms with van der Waals surface area (Å²) in [7, 11) is 1.67. The lowest BCUT2D eigenvalue weighted by molar-refractivity contribution is -0.0248. The highest BCUT2D eigenvalue weighted by Gasteiger charge is 2.33. The summed E-state index contributed by atoms with van der Waals surface area (Å²) in [6, 6.07) is 0. The van der Waals surface area contributed by atoms with Crippen molar-refractivity contribution in [3.05, 3.63) is 0 Å². The molecule has 1 aliphatic carbocycles. The maximum absolute atomic E-state index is 13.2. The zero-order chi connectivity index (χ0) is 8.43. The highest BCUT2D eigenvalue weighted by molar-refractivity contribution is 4.82. The van der Waals surface area contributed by atoms with Crippen LogP contribution < -0.4 is 0 Å². The molecule has 11 heavy (non-hydrogen) atoms. The number of methoxy groups -OCH3 is 1.